The first-order valence-electron chi connectivity index (χ1n) is 5.67. The minimum atomic E-state index is -3.67. The zero-order chi connectivity index (χ0) is 12.7. The zero-order valence-corrected chi connectivity index (χ0v) is 11.4. The standard InChI is InChI=1S/C9H18N2O4S2/c1-16(12,13)7-17(14,15)11-5-8-3-2-4-10-9(8)6-11/h8-10H,2-7H2,1H3. The van der Waals surface area contributed by atoms with E-state index in [2.05, 4.69) is 5.32 Å². The van der Waals surface area contributed by atoms with Crippen LogP contribution in [0.2, 0.25) is 0 Å². The van der Waals surface area contributed by atoms with Crippen molar-refractivity contribution < 1.29 is 16.8 Å². The molecule has 0 amide bonds. The van der Waals surface area contributed by atoms with Crippen LogP contribution in [0.15, 0.2) is 0 Å². The van der Waals surface area contributed by atoms with Gasteiger partial charge >= 0.3 is 0 Å². The van der Waals surface area contributed by atoms with Crippen molar-refractivity contribution in [3.8, 4) is 0 Å². The van der Waals surface area contributed by atoms with Crippen molar-refractivity contribution in [2.75, 3.05) is 31.0 Å². The Labute approximate surface area is 102 Å². The van der Waals surface area contributed by atoms with Gasteiger partial charge in [0.25, 0.3) is 0 Å². The lowest BCUT2D eigenvalue weighted by atomic mass is 9.94. The second-order valence-corrected chi connectivity index (χ2v) is 9.41. The molecule has 8 heteroatoms. The van der Waals surface area contributed by atoms with Crippen LogP contribution >= 0.6 is 0 Å². The summed E-state index contributed by atoms with van der Waals surface area (Å²) in [5.41, 5.74) is 0. The molecule has 0 aromatic heterocycles. The van der Waals surface area contributed by atoms with E-state index in [9.17, 15) is 16.8 Å². The first-order valence-corrected chi connectivity index (χ1v) is 9.34. The van der Waals surface area contributed by atoms with Crippen LogP contribution in [-0.2, 0) is 19.9 Å². The number of nitrogens with one attached hydrogen (secondary N) is 1. The molecule has 0 aromatic rings. The summed E-state index contributed by atoms with van der Waals surface area (Å²) < 4.78 is 47.3. The van der Waals surface area contributed by atoms with Crippen molar-refractivity contribution in [2.45, 2.75) is 18.9 Å². The van der Waals surface area contributed by atoms with Crippen LogP contribution in [0.3, 0.4) is 0 Å². The summed E-state index contributed by atoms with van der Waals surface area (Å²) in [4.78, 5) is 0. The van der Waals surface area contributed by atoms with Crippen LogP contribution < -0.4 is 5.32 Å². The Bertz CT molecular complexity index is 471. The van der Waals surface area contributed by atoms with E-state index in [1.54, 1.807) is 0 Å². The van der Waals surface area contributed by atoms with Crippen LogP contribution in [0, 0.1) is 5.92 Å². The lowest BCUT2D eigenvalue weighted by molar-refractivity contribution is 0.339. The predicted molar refractivity (Wildman–Crippen MR) is 64.7 cm³/mol. The molecule has 6 nitrogen and oxygen atoms in total. The average Bonchev–Trinajstić information content (AvgIpc) is 2.57. The van der Waals surface area contributed by atoms with Crippen molar-refractivity contribution >= 4 is 19.9 Å². The largest absolute Gasteiger partial charge is 0.312 e. The van der Waals surface area contributed by atoms with Crippen molar-refractivity contribution in [2.24, 2.45) is 5.92 Å². The zero-order valence-electron chi connectivity index (χ0n) is 9.79. The molecule has 0 aliphatic carbocycles. The molecule has 2 aliphatic heterocycles. The van der Waals surface area contributed by atoms with Crippen LogP contribution in [0.1, 0.15) is 12.8 Å². The molecule has 2 heterocycles. The number of sulfone groups is 1. The third kappa shape index (κ3) is 3.18. The van der Waals surface area contributed by atoms with E-state index < -0.39 is 24.9 Å². The van der Waals surface area contributed by atoms with Crippen molar-refractivity contribution in [3.63, 3.8) is 0 Å². The van der Waals surface area contributed by atoms with Gasteiger partial charge in [-0.3, -0.25) is 0 Å². The maximum Gasteiger partial charge on any atom is 0.228 e. The van der Waals surface area contributed by atoms with E-state index in [-0.39, 0.29) is 6.04 Å². The quantitative estimate of drug-likeness (QED) is 0.718. The van der Waals surface area contributed by atoms with Gasteiger partial charge in [0.15, 0.2) is 14.9 Å². The highest BCUT2D eigenvalue weighted by Gasteiger charge is 2.40. The van der Waals surface area contributed by atoms with Gasteiger partial charge in [-0.2, -0.15) is 4.31 Å². The number of hydrogen-bond acceptors (Lipinski definition) is 5. The molecule has 2 fully saturated rings. The summed E-state index contributed by atoms with van der Waals surface area (Å²) in [6, 6.07) is 0.193. The molecule has 2 saturated heterocycles. The molecule has 2 aliphatic rings. The highest BCUT2D eigenvalue weighted by molar-refractivity contribution is 8.06. The van der Waals surface area contributed by atoms with Gasteiger partial charge in [-0.25, -0.2) is 16.8 Å². The Morgan fingerprint density at radius 2 is 1.94 bits per heavy atom. The SMILES string of the molecule is CS(=O)(=O)CS(=O)(=O)N1CC2CCCNC2C1. The number of piperidine rings is 1. The van der Waals surface area contributed by atoms with Crippen molar-refractivity contribution in [1.29, 1.82) is 0 Å². The lowest BCUT2D eigenvalue weighted by Gasteiger charge is -2.24. The monoisotopic (exact) mass is 282 g/mol. The molecular formula is C9H18N2O4S2. The van der Waals surface area contributed by atoms with E-state index in [1.807, 2.05) is 0 Å². The number of nitrogens with zero attached hydrogens (tertiary/aromatic N) is 1. The minimum absolute atomic E-state index is 0.193. The molecule has 0 saturated carbocycles. The summed E-state index contributed by atoms with van der Waals surface area (Å²) in [6.45, 7) is 1.78. The van der Waals surface area contributed by atoms with E-state index >= 15 is 0 Å². The third-order valence-electron chi connectivity index (χ3n) is 3.32. The highest BCUT2D eigenvalue weighted by atomic mass is 32.3. The average molecular weight is 282 g/mol. The summed E-state index contributed by atoms with van der Waals surface area (Å²) in [6.07, 6.45) is 3.02. The molecule has 2 rings (SSSR count). The number of rotatable bonds is 3. The van der Waals surface area contributed by atoms with Crippen LogP contribution in [0.25, 0.3) is 0 Å². The molecule has 17 heavy (non-hydrogen) atoms. The van der Waals surface area contributed by atoms with Gasteiger partial charge in [0.2, 0.25) is 10.0 Å². The fourth-order valence-electron chi connectivity index (χ4n) is 2.58. The maximum absolute atomic E-state index is 11.9. The smallest absolute Gasteiger partial charge is 0.228 e. The molecule has 0 radical (unpaired) electrons. The van der Waals surface area contributed by atoms with E-state index in [4.69, 9.17) is 0 Å². The summed E-state index contributed by atoms with van der Waals surface area (Å²) in [5.74, 6) is 0.332. The van der Waals surface area contributed by atoms with Crippen LogP contribution in [0.4, 0.5) is 0 Å². The second-order valence-electron chi connectivity index (χ2n) is 4.94. The van der Waals surface area contributed by atoms with Gasteiger partial charge < -0.3 is 5.32 Å². The molecular weight excluding hydrogens is 264 g/mol. The van der Waals surface area contributed by atoms with Gasteiger partial charge in [0.05, 0.1) is 0 Å². The maximum atomic E-state index is 11.9. The molecule has 1 N–H and O–H groups in total. The predicted octanol–water partition coefficient (Wildman–Crippen LogP) is -0.998. The Kier molecular flexibility index (Phi) is 3.50. The number of hydrogen-bond donors (Lipinski definition) is 1. The van der Waals surface area contributed by atoms with E-state index in [0.29, 0.717) is 19.0 Å². The Morgan fingerprint density at radius 1 is 1.24 bits per heavy atom. The second kappa shape index (κ2) is 4.49. The minimum Gasteiger partial charge on any atom is -0.312 e. The van der Waals surface area contributed by atoms with E-state index in [1.165, 1.54) is 4.31 Å². The molecule has 0 spiro atoms. The van der Waals surface area contributed by atoms with Gasteiger partial charge in [-0.05, 0) is 25.3 Å². The summed E-state index contributed by atoms with van der Waals surface area (Å²) in [5, 5.41) is 2.51. The summed E-state index contributed by atoms with van der Waals surface area (Å²) >= 11 is 0. The number of sulfonamides is 1. The van der Waals surface area contributed by atoms with Gasteiger partial charge in [-0.15, -0.1) is 0 Å². The van der Waals surface area contributed by atoms with Gasteiger partial charge in [0.1, 0.15) is 0 Å². The fourth-order valence-corrected chi connectivity index (χ4v) is 6.15. The molecule has 100 valence electrons. The first-order chi connectivity index (χ1) is 7.78. The Balaban J connectivity index is 2.09. The van der Waals surface area contributed by atoms with Gasteiger partial charge in [-0.1, -0.05) is 0 Å². The number of fused-ring (bicyclic) bond motifs is 1. The molecule has 0 aromatic carbocycles. The van der Waals surface area contributed by atoms with Crippen LogP contribution in [0.5, 0.6) is 0 Å². The highest BCUT2D eigenvalue weighted by Crippen LogP contribution is 2.27. The normalized spacial score (nSPS) is 31.4. The fraction of sp³-hybridized carbons (Fsp3) is 1.00. The van der Waals surface area contributed by atoms with Crippen LogP contribution in [-0.4, -0.2) is 58.2 Å². The Morgan fingerprint density at radius 3 is 2.53 bits per heavy atom. The lowest BCUT2D eigenvalue weighted by Crippen LogP contribution is -2.41. The summed E-state index contributed by atoms with van der Waals surface area (Å²) in [7, 11) is -7.17. The van der Waals surface area contributed by atoms with E-state index in [0.717, 1.165) is 25.6 Å². The van der Waals surface area contributed by atoms with Gasteiger partial charge in [0, 0.05) is 25.4 Å². The first kappa shape index (κ1) is 13.3. The van der Waals surface area contributed by atoms with Crippen molar-refractivity contribution in [3.05, 3.63) is 0 Å². The topological polar surface area (TPSA) is 83.5 Å². The molecule has 2 atom stereocenters. The Hall–Kier alpha value is -0.180. The third-order valence-corrected chi connectivity index (χ3v) is 7.31. The molecule has 2 unspecified atom stereocenters. The van der Waals surface area contributed by atoms with Crippen molar-refractivity contribution in [1.82, 2.24) is 9.62 Å². The molecule has 0 bridgehead atoms.